The number of halogens is 4. The summed E-state index contributed by atoms with van der Waals surface area (Å²) in [4.78, 5) is 11.8. The largest absolute Gasteiger partial charge is 0.417 e. The maximum Gasteiger partial charge on any atom is 0.417 e. The summed E-state index contributed by atoms with van der Waals surface area (Å²) in [7, 11) is 0. The van der Waals surface area contributed by atoms with Gasteiger partial charge in [-0.2, -0.15) is 13.2 Å². The molecule has 2 amide bonds. The number of amides is 2. The fourth-order valence-corrected chi connectivity index (χ4v) is 3.19. The Hall–Kier alpha value is -2.03. The summed E-state index contributed by atoms with van der Waals surface area (Å²) < 4.78 is 39.9. The van der Waals surface area contributed by atoms with Gasteiger partial charge in [-0.1, -0.05) is 24.4 Å². The molecule has 1 aliphatic carbocycles. The van der Waals surface area contributed by atoms with Crippen molar-refractivity contribution in [1.29, 1.82) is 0 Å². The number of fused-ring (bicyclic) bond motifs is 1. The Balaban J connectivity index is 1.66. The van der Waals surface area contributed by atoms with E-state index >= 15 is 0 Å². The van der Waals surface area contributed by atoms with Crippen LogP contribution in [0.3, 0.4) is 0 Å². The summed E-state index contributed by atoms with van der Waals surface area (Å²) >= 11 is 5.84. The van der Waals surface area contributed by atoms with Crippen LogP contribution in [0.1, 0.15) is 37.1 Å². The smallest absolute Gasteiger partial charge is 0.338 e. The number of aromatic nitrogens is 3. The van der Waals surface area contributed by atoms with E-state index < -0.39 is 11.7 Å². The summed E-state index contributed by atoms with van der Waals surface area (Å²) in [5, 5.41) is 12.8. The van der Waals surface area contributed by atoms with Crippen molar-refractivity contribution >= 4 is 23.3 Å². The molecule has 2 N–H and O–H groups in total. The van der Waals surface area contributed by atoms with Crippen molar-refractivity contribution in [3.8, 4) is 0 Å². The minimum absolute atomic E-state index is 0.0602. The van der Waals surface area contributed by atoms with E-state index in [0.29, 0.717) is 12.5 Å². The molecule has 10 heteroatoms. The minimum atomic E-state index is -4.54. The van der Waals surface area contributed by atoms with Crippen LogP contribution in [0, 0.1) is 5.92 Å². The fraction of sp³-hybridized carbons (Fsp3) is 0.533. The molecule has 0 spiro atoms. The molecule has 0 radical (unpaired) electrons. The monoisotopic (exact) mass is 375 g/mol. The van der Waals surface area contributed by atoms with E-state index in [2.05, 4.69) is 20.8 Å². The van der Waals surface area contributed by atoms with Gasteiger partial charge in [0.1, 0.15) is 0 Å². The van der Waals surface area contributed by atoms with E-state index in [0.717, 1.165) is 29.5 Å². The zero-order valence-corrected chi connectivity index (χ0v) is 14.0. The zero-order chi connectivity index (χ0) is 18.0. The Labute approximate surface area is 146 Å². The highest BCUT2D eigenvalue weighted by Crippen LogP contribution is 2.32. The maximum absolute atomic E-state index is 12.9. The second-order valence-electron chi connectivity index (χ2n) is 6.10. The number of urea groups is 1. The Morgan fingerprint density at radius 1 is 1.28 bits per heavy atom. The van der Waals surface area contributed by atoms with Gasteiger partial charge >= 0.3 is 12.2 Å². The summed E-state index contributed by atoms with van der Waals surface area (Å²) in [6.45, 7) is 0.534. The van der Waals surface area contributed by atoms with Gasteiger partial charge in [0.05, 0.1) is 17.1 Å². The normalized spacial score (nSPS) is 15.7. The zero-order valence-electron chi connectivity index (χ0n) is 13.2. The lowest BCUT2D eigenvalue weighted by atomic mass is 10.1. The van der Waals surface area contributed by atoms with Crippen molar-refractivity contribution in [2.24, 2.45) is 5.92 Å². The average molecular weight is 376 g/mol. The van der Waals surface area contributed by atoms with Crippen LogP contribution in [0.4, 0.5) is 18.0 Å². The summed E-state index contributed by atoms with van der Waals surface area (Å²) in [5.74, 6) is 0.659. The van der Waals surface area contributed by atoms with Crippen LogP contribution in [0.15, 0.2) is 12.3 Å². The lowest BCUT2D eigenvalue weighted by molar-refractivity contribution is -0.137. The van der Waals surface area contributed by atoms with Crippen molar-refractivity contribution in [1.82, 2.24) is 25.2 Å². The topological polar surface area (TPSA) is 71.3 Å². The van der Waals surface area contributed by atoms with Crippen LogP contribution in [-0.4, -0.2) is 27.2 Å². The average Bonchev–Trinajstić information content (AvgIpc) is 3.19. The Bertz CT molecular complexity index is 770. The fourth-order valence-electron chi connectivity index (χ4n) is 2.95. The first kappa shape index (κ1) is 17.8. The number of carbonyl (C=O) groups excluding carboxylic acids is 1. The van der Waals surface area contributed by atoms with Gasteiger partial charge in [-0.15, -0.1) is 10.2 Å². The lowest BCUT2D eigenvalue weighted by Gasteiger charge is -2.11. The first-order chi connectivity index (χ1) is 11.8. The lowest BCUT2D eigenvalue weighted by Crippen LogP contribution is -2.37. The SMILES string of the molecule is O=C(NCc1nnc2c(Cl)cc(C(F)(F)F)cn12)NCC1CCCC1. The summed E-state index contributed by atoms with van der Waals surface area (Å²) in [5.41, 5.74) is -0.797. The molecule has 0 aliphatic heterocycles. The van der Waals surface area contributed by atoms with Gasteiger partial charge in [0, 0.05) is 12.7 Å². The minimum Gasteiger partial charge on any atom is -0.338 e. The van der Waals surface area contributed by atoms with Crippen LogP contribution in [-0.2, 0) is 12.7 Å². The van der Waals surface area contributed by atoms with Crippen LogP contribution in [0.25, 0.3) is 5.65 Å². The second kappa shape index (κ2) is 7.07. The van der Waals surface area contributed by atoms with E-state index in [-0.39, 0.29) is 29.1 Å². The number of nitrogens with zero attached hydrogens (tertiary/aromatic N) is 3. The highest BCUT2D eigenvalue weighted by molar-refractivity contribution is 6.33. The number of nitrogens with one attached hydrogen (secondary N) is 2. The van der Waals surface area contributed by atoms with Crippen LogP contribution < -0.4 is 10.6 Å². The van der Waals surface area contributed by atoms with Crippen molar-refractivity contribution in [2.75, 3.05) is 6.54 Å². The molecule has 1 aliphatic rings. The molecule has 6 nitrogen and oxygen atoms in total. The molecule has 0 saturated heterocycles. The van der Waals surface area contributed by atoms with E-state index in [1.54, 1.807) is 0 Å². The third-order valence-corrected chi connectivity index (χ3v) is 4.57. The van der Waals surface area contributed by atoms with Gasteiger partial charge in [0.2, 0.25) is 0 Å². The Kier molecular flexibility index (Phi) is 5.03. The number of pyridine rings is 1. The van der Waals surface area contributed by atoms with Gasteiger partial charge in [0.25, 0.3) is 0 Å². The molecule has 1 saturated carbocycles. The number of hydrogen-bond donors (Lipinski definition) is 2. The van der Waals surface area contributed by atoms with E-state index in [1.165, 1.54) is 12.8 Å². The molecule has 2 aromatic heterocycles. The van der Waals surface area contributed by atoms with E-state index in [1.807, 2.05) is 0 Å². The van der Waals surface area contributed by atoms with Crippen LogP contribution >= 0.6 is 11.6 Å². The highest BCUT2D eigenvalue weighted by Gasteiger charge is 2.32. The van der Waals surface area contributed by atoms with Gasteiger partial charge < -0.3 is 10.6 Å². The van der Waals surface area contributed by atoms with Crippen molar-refractivity contribution in [3.63, 3.8) is 0 Å². The third kappa shape index (κ3) is 4.15. The molecule has 25 heavy (non-hydrogen) atoms. The molecule has 0 aromatic carbocycles. The highest BCUT2D eigenvalue weighted by atomic mass is 35.5. The Morgan fingerprint density at radius 3 is 2.68 bits per heavy atom. The van der Waals surface area contributed by atoms with Gasteiger partial charge in [-0.05, 0) is 24.8 Å². The summed E-state index contributed by atoms with van der Waals surface area (Å²) in [6, 6.07) is 0.415. The second-order valence-corrected chi connectivity index (χ2v) is 6.51. The van der Waals surface area contributed by atoms with Crippen molar-refractivity contribution in [2.45, 2.75) is 38.4 Å². The molecular weight excluding hydrogens is 359 g/mol. The summed E-state index contributed by atoms with van der Waals surface area (Å²) in [6.07, 6.45) is 0.908. The molecule has 136 valence electrons. The van der Waals surface area contributed by atoms with Gasteiger partial charge in [-0.25, -0.2) is 4.79 Å². The van der Waals surface area contributed by atoms with Crippen LogP contribution in [0.5, 0.6) is 0 Å². The van der Waals surface area contributed by atoms with E-state index in [4.69, 9.17) is 11.6 Å². The number of hydrogen-bond acceptors (Lipinski definition) is 3. The molecular formula is C15H17ClF3N5O. The molecule has 0 unspecified atom stereocenters. The first-order valence-electron chi connectivity index (χ1n) is 7.96. The number of alkyl halides is 3. The third-order valence-electron chi connectivity index (χ3n) is 4.29. The standard InChI is InChI=1S/C15H17ClF3N5O/c16-11-5-10(15(17,18)19)8-24-12(22-23-13(11)24)7-21-14(25)20-6-9-3-1-2-4-9/h5,8-9H,1-4,6-7H2,(H2,20,21,25). The van der Waals surface area contributed by atoms with Crippen LogP contribution in [0.2, 0.25) is 5.02 Å². The molecule has 0 bridgehead atoms. The van der Waals surface area contributed by atoms with Gasteiger partial charge in [0.15, 0.2) is 11.5 Å². The number of carbonyl (C=O) groups is 1. The predicted octanol–water partition coefficient (Wildman–Crippen LogP) is 3.39. The molecule has 3 rings (SSSR count). The molecule has 1 fully saturated rings. The number of rotatable bonds is 4. The molecule has 0 atom stereocenters. The van der Waals surface area contributed by atoms with E-state index in [9.17, 15) is 18.0 Å². The first-order valence-corrected chi connectivity index (χ1v) is 8.34. The van der Waals surface area contributed by atoms with Crippen molar-refractivity contribution in [3.05, 3.63) is 28.7 Å². The quantitative estimate of drug-likeness (QED) is 0.860. The van der Waals surface area contributed by atoms with Gasteiger partial charge in [-0.3, -0.25) is 4.40 Å². The molecule has 2 aromatic rings. The Morgan fingerprint density at radius 2 is 2.00 bits per heavy atom. The maximum atomic E-state index is 12.9. The van der Waals surface area contributed by atoms with Crippen molar-refractivity contribution < 1.29 is 18.0 Å². The molecule has 2 heterocycles. The predicted molar refractivity (Wildman–Crippen MR) is 85.2 cm³/mol.